The topological polar surface area (TPSA) is 35.5 Å². The number of carbonyl (C=O) groups is 1. The van der Waals surface area contributed by atoms with Crippen molar-refractivity contribution in [1.82, 2.24) is 0 Å². The van der Waals surface area contributed by atoms with Crippen LogP contribution in [0.1, 0.15) is 85.0 Å². The third kappa shape index (κ3) is 3.19. The van der Waals surface area contributed by atoms with Crippen molar-refractivity contribution in [3.8, 4) is 0 Å². The van der Waals surface area contributed by atoms with E-state index in [4.69, 9.17) is 9.47 Å². The second-order valence-corrected chi connectivity index (χ2v) is 10.9. The zero-order valence-electron chi connectivity index (χ0n) is 18.5. The highest BCUT2D eigenvalue weighted by atomic mass is 16.7. The number of Topliss-reactive ketones (excluding diaryl/α,β-unsaturated/α-hetero) is 1. The fourth-order valence-corrected chi connectivity index (χ4v) is 7.89. The standard InChI is InChI=1S/C26H38O3/c1-17(27)21-9-10-22-20-8-7-18-16-19(29-24-6-4-5-15-28-24)11-13-25(18,2)23(20)12-14-26(21,22)3/h7,9,19-20,22-24H,4-6,8,10-16H2,1-3H3/t19?,20?,22?,23?,24?,25-,26+/m0/s1. The van der Waals surface area contributed by atoms with Gasteiger partial charge in [-0.25, -0.2) is 0 Å². The normalized spacial score (nSPS) is 46.8. The highest BCUT2D eigenvalue weighted by molar-refractivity contribution is 5.95. The van der Waals surface area contributed by atoms with Crippen LogP contribution in [0.2, 0.25) is 0 Å². The maximum absolute atomic E-state index is 12.3. The Morgan fingerprint density at radius 1 is 1.03 bits per heavy atom. The molecule has 5 unspecified atom stereocenters. The Morgan fingerprint density at radius 3 is 2.62 bits per heavy atom. The van der Waals surface area contributed by atoms with Gasteiger partial charge in [0.2, 0.25) is 0 Å². The quantitative estimate of drug-likeness (QED) is 0.548. The lowest BCUT2D eigenvalue weighted by Gasteiger charge is -2.57. The lowest BCUT2D eigenvalue weighted by Crippen LogP contribution is -2.50. The minimum absolute atomic E-state index is 0.0278. The fourth-order valence-electron chi connectivity index (χ4n) is 7.89. The lowest BCUT2D eigenvalue weighted by molar-refractivity contribution is -0.195. The molecule has 7 atom stereocenters. The van der Waals surface area contributed by atoms with Gasteiger partial charge in [-0.3, -0.25) is 4.79 Å². The Morgan fingerprint density at radius 2 is 1.86 bits per heavy atom. The van der Waals surface area contributed by atoms with Crippen LogP contribution in [0.15, 0.2) is 23.3 Å². The number of ether oxygens (including phenoxy) is 2. The molecular formula is C26H38O3. The van der Waals surface area contributed by atoms with Crippen LogP contribution in [0.25, 0.3) is 0 Å². The first kappa shape index (κ1) is 20.0. The SMILES string of the molecule is CC(=O)C1=CCC2C3CC=C4CC(OC5CCCCO5)CC[C@]4(C)C3CC[C@]12C. The number of rotatable bonds is 3. The molecule has 5 rings (SSSR count). The van der Waals surface area contributed by atoms with E-state index in [1.165, 1.54) is 38.5 Å². The third-order valence-corrected chi connectivity index (χ3v) is 9.50. The molecule has 3 heteroatoms. The van der Waals surface area contributed by atoms with Crippen LogP contribution in [0.3, 0.4) is 0 Å². The zero-order chi connectivity index (χ0) is 20.2. The van der Waals surface area contributed by atoms with Crippen molar-refractivity contribution in [2.75, 3.05) is 6.61 Å². The summed E-state index contributed by atoms with van der Waals surface area (Å²) < 4.78 is 12.2. The summed E-state index contributed by atoms with van der Waals surface area (Å²) in [7, 11) is 0. The van der Waals surface area contributed by atoms with Crippen LogP contribution in [-0.2, 0) is 14.3 Å². The van der Waals surface area contributed by atoms with Crippen LogP contribution in [0, 0.1) is 28.6 Å². The number of hydrogen-bond acceptors (Lipinski definition) is 3. The second-order valence-electron chi connectivity index (χ2n) is 10.9. The van der Waals surface area contributed by atoms with Gasteiger partial charge in [0.05, 0.1) is 6.10 Å². The Bertz CT molecular complexity index is 730. The first-order chi connectivity index (χ1) is 13.9. The number of carbonyl (C=O) groups excluding carboxylic acids is 1. The van der Waals surface area contributed by atoms with Gasteiger partial charge in [0.25, 0.3) is 0 Å². The molecule has 160 valence electrons. The highest BCUT2D eigenvalue weighted by Crippen LogP contribution is 2.65. The van der Waals surface area contributed by atoms with Gasteiger partial charge in [-0.2, -0.15) is 0 Å². The maximum Gasteiger partial charge on any atom is 0.157 e. The first-order valence-corrected chi connectivity index (χ1v) is 12.1. The number of allylic oxidation sites excluding steroid dienone is 3. The van der Waals surface area contributed by atoms with E-state index in [1.807, 2.05) is 0 Å². The average molecular weight is 399 g/mol. The van der Waals surface area contributed by atoms with Gasteiger partial charge in [-0.1, -0.05) is 31.6 Å². The Balaban J connectivity index is 1.32. The van der Waals surface area contributed by atoms with Crippen molar-refractivity contribution in [3.63, 3.8) is 0 Å². The van der Waals surface area contributed by atoms with E-state index < -0.39 is 0 Å². The van der Waals surface area contributed by atoms with Gasteiger partial charge in [-0.15, -0.1) is 0 Å². The number of hydrogen-bond donors (Lipinski definition) is 0. The van der Waals surface area contributed by atoms with Gasteiger partial charge < -0.3 is 9.47 Å². The van der Waals surface area contributed by atoms with Crippen molar-refractivity contribution in [2.45, 2.75) is 97.4 Å². The Labute approximate surface area is 176 Å². The van der Waals surface area contributed by atoms with E-state index in [9.17, 15) is 4.79 Å². The minimum Gasteiger partial charge on any atom is -0.353 e. The molecule has 0 aromatic heterocycles. The molecule has 29 heavy (non-hydrogen) atoms. The summed E-state index contributed by atoms with van der Waals surface area (Å²) in [5, 5.41) is 0. The summed E-state index contributed by atoms with van der Waals surface area (Å²) in [4.78, 5) is 12.3. The van der Waals surface area contributed by atoms with E-state index in [-0.39, 0.29) is 11.7 Å². The summed E-state index contributed by atoms with van der Waals surface area (Å²) in [6, 6.07) is 0. The second kappa shape index (κ2) is 7.34. The summed E-state index contributed by atoms with van der Waals surface area (Å²) in [5.41, 5.74) is 3.24. The van der Waals surface area contributed by atoms with Gasteiger partial charge in [0, 0.05) is 6.61 Å². The smallest absolute Gasteiger partial charge is 0.157 e. The van der Waals surface area contributed by atoms with E-state index >= 15 is 0 Å². The van der Waals surface area contributed by atoms with Crippen molar-refractivity contribution in [1.29, 1.82) is 0 Å². The van der Waals surface area contributed by atoms with E-state index in [0.717, 1.165) is 49.7 Å². The van der Waals surface area contributed by atoms with E-state index in [2.05, 4.69) is 26.0 Å². The summed E-state index contributed by atoms with van der Waals surface area (Å²) >= 11 is 0. The van der Waals surface area contributed by atoms with Crippen molar-refractivity contribution < 1.29 is 14.3 Å². The van der Waals surface area contributed by atoms with Gasteiger partial charge >= 0.3 is 0 Å². The van der Waals surface area contributed by atoms with Crippen LogP contribution in [-0.4, -0.2) is 24.8 Å². The van der Waals surface area contributed by atoms with Crippen LogP contribution in [0.5, 0.6) is 0 Å². The Hall–Kier alpha value is -0.930. The summed E-state index contributed by atoms with van der Waals surface area (Å²) in [5.74, 6) is 2.45. The van der Waals surface area contributed by atoms with Gasteiger partial charge in [-0.05, 0) is 105 Å². The molecule has 5 aliphatic rings. The molecule has 0 aromatic carbocycles. The summed E-state index contributed by atoms with van der Waals surface area (Å²) in [6.07, 6.45) is 17.0. The molecule has 3 nitrogen and oxygen atoms in total. The average Bonchev–Trinajstić information content (AvgIpc) is 3.06. The summed E-state index contributed by atoms with van der Waals surface area (Å²) in [6.45, 7) is 7.55. The van der Waals surface area contributed by atoms with E-state index in [0.29, 0.717) is 23.2 Å². The minimum atomic E-state index is 0.0278. The molecule has 3 fully saturated rings. The molecule has 0 spiro atoms. The van der Waals surface area contributed by atoms with Crippen molar-refractivity contribution >= 4 is 5.78 Å². The predicted molar refractivity (Wildman–Crippen MR) is 114 cm³/mol. The van der Waals surface area contributed by atoms with Crippen LogP contribution in [0.4, 0.5) is 0 Å². The molecule has 0 N–H and O–H groups in total. The molecule has 0 radical (unpaired) electrons. The third-order valence-electron chi connectivity index (χ3n) is 9.50. The van der Waals surface area contributed by atoms with E-state index in [1.54, 1.807) is 12.5 Å². The largest absolute Gasteiger partial charge is 0.353 e. The molecule has 1 saturated heterocycles. The molecule has 1 aliphatic heterocycles. The lowest BCUT2D eigenvalue weighted by atomic mass is 9.47. The molecular weight excluding hydrogens is 360 g/mol. The molecule has 0 amide bonds. The molecule has 0 bridgehead atoms. The zero-order valence-corrected chi connectivity index (χ0v) is 18.5. The van der Waals surface area contributed by atoms with Crippen LogP contribution < -0.4 is 0 Å². The Kier molecular flexibility index (Phi) is 5.06. The molecule has 1 heterocycles. The molecule has 2 saturated carbocycles. The molecule has 4 aliphatic carbocycles. The van der Waals surface area contributed by atoms with Crippen molar-refractivity contribution in [2.24, 2.45) is 28.6 Å². The number of ketones is 1. The monoisotopic (exact) mass is 398 g/mol. The van der Waals surface area contributed by atoms with Crippen LogP contribution >= 0.6 is 0 Å². The number of fused-ring (bicyclic) bond motifs is 5. The predicted octanol–water partition coefficient (Wildman–Crippen LogP) is 5.99. The molecule has 0 aromatic rings. The first-order valence-electron chi connectivity index (χ1n) is 12.1. The highest BCUT2D eigenvalue weighted by Gasteiger charge is 2.57. The van der Waals surface area contributed by atoms with Crippen molar-refractivity contribution in [3.05, 3.63) is 23.3 Å². The van der Waals surface area contributed by atoms with Gasteiger partial charge in [0.1, 0.15) is 0 Å². The van der Waals surface area contributed by atoms with Gasteiger partial charge in [0.15, 0.2) is 12.1 Å². The fraction of sp³-hybridized carbons (Fsp3) is 0.808. The maximum atomic E-state index is 12.3.